The summed E-state index contributed by atoms with van der Waals surface area (Å²) in [5.41, 5.74) is 2.09. The molecule has 0 spiro atoms. The fourth-order valence-electron chi connectivity index (χ4n) is 2.21. The molecule has 0 bridgehead atoms. The summed E-state index contributed by atoms with van der Waals surface area (Å²) in [6, 6.07) is 15.9. The molecule has 3 aromatic rings. The Morgan fingerprint density at radius 2 is 2.08 bits per heavy atom. The SMILES string of the molecule is CCOc1ccc2nc(NC(=O)CSCc3ccccc3)sc2c1. The van der Waals surface area contributed by atoms with Crippen molar-refractivity contribution in [3.8, 4) is 5.75 Å². The molecule has 0 aliphatic carbocycles. The van der Waals surface area contributed by atoms with Gasteiger partial charge in [0.15, 0.2) is 5.13 Å². The minimum absolute atomic E-state index is 0.0278. The second kappa shape index (κ2) is 8.17. The van der Waals surface area contributed by atoms with E-state index in [1.54, 1.807) is 11.8 Å². The Balaban J connectivity index is 1.55. The average molecular weight is 358 g/mol. The predicted molar refractivity (Wildman–Crippen MR) is 102 cm³/mol. The summed E-state index contributed by atoms with van der Waals surface area (Å²) in [6.07, 6.45) is 0. The molecule has 124 valence electrons. The maximum Gasteiger partial charge on any atom is 0.236 e. The van der Waals surface area contributed by atoms with Gasteiger partial charge in [-0.3, -0.25) is 4.79 Å². The van der Waals surface area contributed by atoms with Gasteiger partial charge in [-0.2, -0.15) is 0 Å². The molecule has 1 heterocycles. The van der Waals surface area contributed by atoms with E-state index < -0.39 is 0 Å². The molecular formula is C18H18N2O2S2. The van der Waals surface area contributed by atoms with Crippen LogP contribution in [0.15, 0.2) is 48.5 Å². The molecule has 0 saturated heterocycles. The van der Waals surface area contributed by atoms with E-state index in [9.17, 15) is 4.79 Å². The lowest BCUT2D eigenvalue weighted by Crippen LogP contribution is -2.13. The quantitative estimate of drug-likeness (QED) is 0.672. The van der Waals surface area contributed by atoms with Crippen molar-refractivity contribution in [2.24, 2.45) is 0 Å². The lowest BCUT2D eigenvalue weighted by molar-refractivity contribution is -0.113. The van der Waals surface area contributed by atoms with Gasteiger partial charge in [0.2, 0.25) is 5.91 Å². The standard InChI is InChI=1S/C18H18N2O2S2/c1-2-22-14-8-9-15-16(10-14)24-18(19-15)20-17(21)12-23-11-13-6-4-3-5-7-13/h3-10H,2,11-12H2,1H3,(H,19,20,21). The van der Waals surface area contributed by atoms with E-state index in [-0.39, 0.29) is 5.91 Å². The van der Waals surface area contributed by atoms with Crippen LogP contribution in [0.5, 0.6) is 5.75 Å². The number of fused-ring (bicyclic) bond motifs is 1. The number of rotatable bonds is 7. The number of ether oxygens (including phenoxy) is 1. The van der Waals surface area contributed by atoms with Crippen molar-refractivity contribution in [1.82, 2.24) is 4.98 Å². The summed E-state index contributed by atoms with van der Waals surface area (Å²) in [4.78, 5) is 16.5. The number of hydrogen-bond donors (Lipinski definition) is 1. The number of amides is 1. The molecule has 0 radical (unpaired) electrons. The minimum atomic E-state index is -0.0278. The van der Waals surface area contributed by atoms with Gasteiger partial charge in [-0.15, -0.1) is 11.8 Å². The van der Waals surface area contributed by atoms with E-state index in [0.717, 1.165) is 21.7 Å². The monoisotopic (exact) mass is 358 g/mol. The fraction of sp³-hybridized carbons (Fsp3) is 0.222. The lowest BCUT2D eigenvalue weighted by atomic mass is 10.2. The van der Waals surface area contributed by atoms with Gasteiger partial charge in [0.25, 0.3) is 0 Å². The van der Waals surface area contributed by atoms with Crippen LogP contribution in [0.1, 0.15) is 12.5 Å². The third kappa shape index (κ3) is 4.49. The number of benzene rings is 2. The van der Waals surface area contributed by atoms with Crippen molar-refractivity contribution in [3.05, 3.63) is 54.1 Å². The molecule has 1 amide bonds. The molecular weight excluding hydrogens is 340 g/mol. The molecule has 0 unspecified atom stereocenters. The third-order valence-electron chi connectivity index (χ3n) is 3.26. The van der Waals surface area contributed by atoms with E-state index in [4.69, 9.17) is 4.74 Å². The van der Waals surface area contributed by atoms with Gasteiger partial charge in [-0.25, -0.2) is 4.98 Å². The summed E-state index contributed by atoms with van der Waals surface area (Å²) in [7, 11) is 0. The first kappa shape index (κ1) is 16.8. The van der Waals surface area contributed by atoms with Crippen molar-refractivity contribution in [1.29, 1.82) is 0 Å². The Kier molecular flexibility index (Phi) is 5.72. The molecule has 0 aliphatic heterocycles. The zero-order valence-corrected chi connectivity index (χ0v) is 15.0. The second-order valence-electron chi connectivity index (χ2n) is 5.11. The van der Waals surface area contributed by atoms with Crippen LogP contribution < -0.4 is 10.1 Å². The topological polar surface area (TPSA) is 51.2 Å². The number of carbonyl (C=O) groups excluding carboxylic acids is 1. The van der Waals surface area contributed by atoms with Crippen LogP contribution in [-0.2, 0) is 10.5 Å². The van der Waals surface area contributed by atoms with E-state index >= 15 is 0 Å². The Bertz CT molecular complexity index is 818. The highest BCUT2D eigenvalue weighted by molar-refractivity contribution is 7.99. The molecule has 3 rings (SSSR count). The van der Waals surface area contributed by atoms with Gasteiger partial charge < -0.3 is 10.1 Å². The number of anilines is 1. The van der Waals surface area contributed by atoms with Crippen molar-refractivity contribution in [2.75, 3.05) is 17.7 Å². The molecule has 0 fully saturated rings. The molecule has 0 saturated carbocycles. The number of aromatic nitrogens is 1. The zero-order valence-electron chi connectivity index (χ0n) is 13.3. The molecule has 1 N–H and O–H groups in total. The molecule has 0 atom stereocenters. The van der Waals surface area contributed by atoms with Gasteiger partial charge in [0, 0.05) is 5.75 Å². The van der Waals surface area contributed by atoms with Crippen molar-refractivity contribution >= 4 is 44.4 Å². The van der Waals surface area contributed by atoms with E-state index in [0.29, 0.717) is 17.5 Å². The largest absolute Gasteiger partial charge is 0.494 e. The van der Waals surface area contributed by atoms with Crippen LogP contribution in [0.2, 0.25) is 0 Å². The molecule has 24 heavy (non-hydrogen) atoms. The summed E-state index contributed by atoms with van der Waals surface area (Å²) >= 11 is 3.06. The first-order valence-electron chi connectivity index (χ1n) is 7.69. The number of thioether (sulfide) groups is 1. The van der Waals surface area contributed by atoms with Crippen molar-refractivity contribution in [2.45, 2.75) is 12.7 Å². The molecule has 6 heteroatoms. The second-order valence-corrected chi connectivity index (χ2v) is 7.12. The summed E-state index contributed by atoms with van der Waals surface area (Å²) in [5.74, 6) is 2.03. The number of nitrogens with zero attached hydrogens (tertiary/aromatic N) is 1. The average Bonchev–Trinajstić information content (AvgIpc) is 2.97. The van der Waals surface area contributed by atoms with Gasteiger partial charge in [-0.05, 0) is 30.7 Å². The Hall–Kier alpha value is -2.05. The van der Waals surface area contributed by atoms with Gasteiger partial charge in [0.1, 0.15) is 5.75 Å². The van der Waals surface area contributed by atoms with Crippen LogP contribution in [-0.4, -0.2) is 23.3 Å². The van der Waals surface area contributed by atoms with Crippen LogP contribution in [0.25, 0.3) is 10.2 Å². The molecule has 4 nitrogen and oxygen atoms in total. The Labute approximate surface area is 149 Å². The van der Waals surface area contributed by atoms with Crippen LogP contribution in [0.3, 0.4) is 0 Å². The predicted octanol–water partition coefficient (Wildman–Crippen LogP) is 4.57. The van der Waals surface area contributed by atoms with Crippen molar-refractivity contribution < 1.29 is 9.53 Å². The van der Waals surface area contributed by atoms with Crippen LogP contribution in [0.4, 0.5) is 5.13 Å². The number of hydrogen-bond acceptors (Lipinski definition) is 5. The third-order valence-corrected chi connectivity index (χ3v) is 5.20. The number of thiazole rings is 1. The summed E-state index contributed by atoms with van der Waals surface area (Å²) in [6.45, 7) is 2.59. The molecule has 2 aromatic carbocycles. The highest BCUT2D eigenvalue weighted by Gasteiger charge is 2.09. The van der Waals surface area contributed by atoms with E-state index in [2.05, 4.69) is 22.4 Å². The van der Waals surface area contributed by atoms with Crippen LogP contribution in [0, 0.1) is 0 Å². The molecule has 0 aliphatic rings. The van der Waals surface area contributed by atoms with Gasteiger partial charge in [0.05, 0.1) is 22.6 Å². The van der Waals surface area contributed by atoms with E-state index in [1.807, 2.05) is 43.3 Å². The highest BCUT2D eigenvalue weighted by atomic mass is 32.2. The lowest BCUT2D eigenvalue weighted by Gasteiger charge is -2.02. The smallest absolute Gasteiger partial charge is 0.236 e. The first-order chi connectivity index (χ1) is 11.7. The van der Waals surface area contributed by atoms with Crippen molar-refractivity contribution in [3.63, 3.8) is 0 Å². The molecule has 1 aromatic heterocycles. The minimum Gasteiger partial charge on any atom is -0.494 e. The fourth-order valence-corrected chi connectivity index (χ4v) is 3.90. The van der Waals surface area contributed by atoms with Gasteiger partial charge in [-0.1, -0.05) is 41.7 Å². The highest BCUT2D eigenvalue weighted by Crippen LogP contribution is 2.29. The first-order valence-corrected chi connectivity index (χ1v) is 9.66. The Morgan fingerprint density at radius 1 is 1.25 bits per heavy atom. The summed E-state index contributed by atoms with van der Waals surface area (Å²) in [5, 5.41) is 3.50. The normalized spacial score (nSPS) is 10.7. The van der Waals surface area contributed by atoms with Crippen LogP contribution >= 0.6 is 23.1 Å². The number of carbonyl (C=O) groups is 1. The maximum absolute atomic E-state index is 12.1. The maximum atomic E-state index is 12.1. The van der Waals surface area contributed by atoms with Gasteiger partial charge >= 0.3 is 0 Å². The zero-order chi connectivity index (χ0) is 16.8. The Morgan fingerprint density at radius 3 is 2.88 bits per heavy atom. The number of nitrogens with one attached hydrogen (secondary N) is 1. The summed E-state index contributed by atoms with van der Waals surface area (Å²) < 4.78 is 6.50. The van der Waals surface area contributed by atoms with E-state index in [1.165, 1.54) is 16.9 Å².